The van der Waals surface area contributed by atoms with Crippen molar-refractivity contribution in [2.75, 3.05) is 11.1 Å². The maximum atomic E-state index is 13.4. The summed E-state index contributed by atoms with van der Waals surface area (Å²) >= 11 is 1.18. The van der Waals surface area contributed by atoms with Gasteiger partial charge in [0.2, 0.25) is 14.2 Å². The lowest BCUT2D eigenvalue weighted by Gasteiger charge is -2.15. The number of carbonyl (C=O) groups is 1. The molecule has 0 saturated heterocycles. The van der Waals surface area contributed by atoms with Crippen molar-refractivity contribution in [1.82, 2.24) is 15.0 Å². The third-order valence-corrected chi connectivity index (χ3v) is 9.05. The number of nitrogens with zero attached hydrogens (tertiary/aromatic N) is 3. The number of primary amides is 1. The highest BCUT2D eigenvalue weighted by Crippen LogP contribution is 2.55. The summed E-state index contributed by atoms with van der Waals surface area (Å²) < 4.78 is 25.7. The van der Waals surface area contributed by atoms with Gasteiger partial charge in [0, 0.05) is 22.2 Å². The fourth-order valence-corrected chi connectivity index (χ4v) is 6.72. The quantitative estimate of drug-likeness (QED) is 0.546. The molecule has 2 heterocycles. The summed E-state index contributed by atoms with van der Waals surface area (Å²) in [6.45, 7) is 3.64. The van der Waals surface area contributed by atoms with Gasteiger partial charge >= 0.3 is 6.03 Å². The molecule has 3 aromatic rings. The van der Waals surface area contributed by atoms with E-state index >= 15 is 0 Å². The zero-order valence-corrected chi connectivity index (χ0v) is 18.0. The Morgan fingerprint density at radius 2 is 1.80 bits per heavy atom. The smallest absolute Gasteiger partial charge is 0.316 e. The van der Waals surface area contributed by atoms with E-state index in [1.807, 2.05) is 6.92 Å². The van der Waals surface area contributed by atoms with Crippen molar-refractivity contribution in [1.29, 1.82) is 0 Å². The summed E-state index contributed by atoms with van der Waals surface area (Å²) in [5, 5.41) is 2.47. The molecule has 0 spiro atoms. The normalized spacial score (nSPS) is 15.0. The van der Waals surface area contributed by atoms with Crippen LogP contribution in [-0.2, 0) is 14.6 Å². The minimum absolute atomic E-state index is 0.107. The van der Waals surface area contributed by atoms with Crippen LogP contribution in [0.3, 0.4) is 0 Å². The molecular weight excluding hydrogens is 424 g/mol. The number of hydrogen-bond donors (Lipinski definition) is 3. The van der Waals surface area contributed by atoms with Crippen molar-refractivity contribution < 1.29 is 13.2 Å². The second-order valence-corrected chi connectivity index (χ2v) is 10.8. The zero-order valence-electron chi connectivity index (χ0n) is 16.3. The largest absolute Gasteiger partial charge is 0.384 e. The molecule has 1 fully saturated rings. The Balaban J connectivity index is 1.74. The molecule has 9 nitrogen and oxygen atoms in total. The van der Waals surface area contributed by atoms with E-state index in [2.05, 4.69) is 20.3 Å². The molecule has 1 aliphatic rings. The van der Waals surface area contributed by atoms with Crippen LogP contribution in [0, 0.1) is 13.8 Å². The minimum atomic E-state index is -3.72. The van der Waals surface area contributed by atoms with Crippen molar-refractivity contribution >= 4 is 38.7 Å². The van der Waals surface area contributed by atoms with Gasteiger partial charge in [-0.1, -0.05) is 0 Å². The average molecular weight is 445 g/mol. The number of urea groups is 1. The molecule has 1 aliphatic carbocycles. The maximum Gasteiger partial charge on any atom is 0.316 e. The van der Waals surface area contributed by atoms with Crippen molar-refractivity contribution in [2.45, 2.75) is 35.8 Å². The van der Waals surface area contributed by atoms with Crippen LogP contribution < -0.4 is 16.8 Å². The van der Waals surface area contributed by atoms with Gasteiger partial charge in [-0.3, -0.25) is 0 Å². The summed E-state index contributed by atoms with van der Waals surface area (Å²) in [4.78, 5) is 24.9. The molecule has 30 heavy (non-hydrogen) atoms. The minimum Gasteiger partial charge on any atom is -0.384 e. The molecule has 2 amide bonds. The monoisotopic (exact) mass is 444 g/mol. The first-order chi connectivity index (χ1) is 14.1. The van der Waals surface area contributed by atoms with Crippen LogP contribution in [-0.4, -0.2) is 29.4 Å². The van der Waals surface area contributed by atoms with E-state index in [0.717, 1.165) is 4.88 Å². The van der Waals surface area contributed by atoms with Crippen molar-refractivity contribution in [3.05, 3.63) is 46.6 Å². The average Bonchev–Trinajstić information content (AvgIpc) is 3.43. The van der Waals surface area contributed by atoms with Gasteiger partial charge in [0.1, 0.15) is 10.6 Å². The van der Waals surface area contributed by atoms with Gasteiger partial charge in [0.15, 0.2) is 5.82 Å². The summed E-state index contributed by atoms with van der Waals surface area (Å²) in [6.07, 6.45) is 0.898. The predicted molar refractivity (Wildman–Crippen MR) is 115 cm³/mol. The van der Waals surface area contributed by atoms with Crippen LogP contribution in [0.1, 0.15) is 29.1 Å². The number of nitrogens with one attached hydrogen (secondary N) is 1. The van der Waals surface area contributed by atoms with Crippen molar-refractivity contribution in [3.8, 4) is 11.4 Å². The summed E-state index contributed by atoms with van der Waals surface area (Å²) in [7, 11) is -3.72. The summed E-state index contributed by atoms with van der Waals surface area (Å²) in [5.41, 5.74) is 13.3. The highest BCUT2D eigenvalue weighted by molar-refractivity contribution is 7.94. The lowest BCUT2D eigenvalue weighted by molar-refractivity contribution is 0.259. The number of rotatable bonds is 5. The number of thiazole rings is 1. The van der Waals surface area contributed by atoms with Crippen LogP contribution in [0.2, 0.25) is 0 Å². The molecule has 0 unspecified atom stereocenters. The predicted octanol–water partition coefficient (Wildman–Crippen LogP) is 2.75. The Hall–Kier alpha value is -3.05. The molecule has 5 N–H and O–H groups in total. The molecule has 4 rings (SSSR count). The van der Waals surface area contributed by atoms with E-state index in [4.69, 9.17) is 11.5 Å². The molecule has 0 atom stereocenters. The Bertz CT molecular complexity index is 1230. The Kier molecular flexibility index (Phi) is 4.74. The highest BCUT2D eigenvalue weighted by atomic mass is 32.2. The third-order valence-electron chi connectivity index (χ3n) is 5.08. The van der Waals surface area contributed by atoms with E-state index in [9.17, 15) is 13.2 Å². The second kappa shape index (κ2) is 7.03. The number of sulfone groups is 1. The molecule has 11 heteroatoms. The van der Waals surface area contributed by atoms with Gasteiger partial charge in [0.25, 0.3) is 0 Å². The zero-order chi connectivity index (χ0) is 21.7. The van der Waals surface area contributed by atoms with Gasteiger partial charge in [0.05, 0.1) is 11.4 Å². The Morgan fingerprint density at radius 1 is 1.13 bits per heavy atom. The number of nitrogens with two attached hydrogens (primary N) is 2. The number of benzene rings is 1. The SMILES string of the molecule is Cc1nc(S(=O)(=O)C2(c3cc(N)nc(-c4ccc(NC(N)=O)cc4)n3)CC2)sc1C. The summed E-state index contributed by atoms with van der Waals surface area (Å²) in [6, 6.07) is 7.55. The van der Waals surface area contributed by atoms with E-state index in [-0.39, 0.29) is 10.2 Å². The van der Waals surface area contributed by atoms with Gasteiger partial charge in [-0.2, -0.15) is 0 Å². The highest BCUT2D eigenvalue weighted by Gasteiger charge is 2.59. The van der Waals surface area contributed by atoms with Crippen LogP contribution in [0.5, 0.6) is 0 Å². The van der Waals surface area contributed by atoms with Gasteiger partial charge in [-0.25, -0.2) is 28.2 Å². The molecule has 0 bridgehead atoms. The van der Waals surface area contributed by atoms with E-state index < -0.39 is 20.6 Å². The Morgan fingerprint density at radius 3 is 2.33 bits per heavy atom. The first kappa shape index (κ1) is 20.2. The molecule has 156 valence electrons. The number of amides is 2. The van der Waals surface area contributed by atoms with Crippen LogP contribution in [0.25, 0.3) is 11.4 Å². The van der Waals surface area contributed by atoms with E-state index in [0.29, 0.717) is 41.3 Å². The number of carbonyl (C=O) groups excluding carboxylic acids is 1. The van der Waals surface area contributed by atoms with Crippen molar-refractivity contribution in [3.63, 3.8) is 0 Å². The first-order valence-corrected chi connectivity index (χ1v) is 11.4. The third kappa shape index (κ3) is 3.39. The standard InChI is InChI=1S/C19H20N6O3S2/c1-10-11(2)29-18(22-10)30(27,28)19(7-8-19)14-9-15(20)25-16(24-14)12-3-5-13(6-4-12)23-17(21)26/h3-6,9H,7-8H2,1-2H3,(H2,20,24,25)(H3,21,23,26). The second-order valence-electron chi connectivity index (χ2n) is 7.19. The molecule has 0 aliphatic heterocycles. The molecule has 1 aromatic carbocycles. The first-order valence-electron chi connectivity index (χ1n) is 9.13. The lowest BCUT2D eigenvalue weighted by Crippen LogP contribution is -2.23. The van der Waals surface area contributed by atoms with Gasteiger partial charge in [-0.15, -0.1) is 11.3 Å². The molecule has 2 aromatic heterocycles. The molecular formula is C19H20N6O3S2. The number of hydrogen-bond acceptors (Lipinski definition) is 8. The van der Waals surface area contributed by atoms with E-state index in [1.165, 1.54) is 17.4 Å². The summed E-state index contributed by atoms with van der Waals surface area (Å²) in [5.74, 6) is 0.492. The molecule has 1 saturated carbocycles. The molecule has 0 radical (unpaired) electrons. The Labute approximate surface area is 177 Å². The number of anilines is 2. The fourth-order valence-electron chi connectivity index (χ4n) is 3.17. The van der Waals surface area contributed by atoms with Crippen LogP contribution in [0.4, 0.5) is 16.3 Å². The topological polar surface area (TPSA) is 154 Å². The van der Waals surface area contributed by atoms with Crippen LogP contribution >= 0.6 is 11.3 Å². The van der Waals surface area contributed by atoms with Gasteiger partial charge < -0.3 is 16.8 Å². The lowest BCUT2D eigenvalue weighted by atomic mass is 10.1. The number of nitrogen functional groups attached to an aromatic ring is 1. The number of aryl methyl sites for hydroxylation is 2. The maximum absolute atomic E-state index is 13.4. The van der Waals surface area contributed by atoms with Crippen molar-refractivity contribution in [2.24, 2.45) is 5.73 Å². The van der Waals surface area contributed by atoms with E-state index in [1.54, 1.807) is 31.2 Å². The number of aromatic nitrogens is 3. The fraction of sp³-hybridized carbons (Fsp3) is 0.263. The van der Waals surface area contributed by atoms with Gasteiger partial charge in [-0.05, 0) is 51.0 Å². The van der Waals surface area contributed by atoms with Crippen LogP contribution in [0.15, 0.2) is 34.7 Å².